The molecule has 2 fully saturated rings. The summed E-state index contributed by atoms with van der Waals surface area (Å²) in [5.74, 6) is -3.80. The molecule has 0 spiro atoms. The lowest BCUT2D eigenvalue weighted by molar-refractivity contribution is -0.201. The molecule has 1 aliphatic carbocycles. The number of hydrogen-bond donors (Lipinski definition) is 1. The smallest absolute Gasteiger partial charge is 0.361 e. The molecule has 0 unspecified atom stereocenters. The summed E-state index contributed by atoms with van der Waals surface area (Å²) in [6.07, 6.45) is -5.21. The lowest BCUT2D eigenvalue weighted by Gasteiger charge is -2.46. The molecule has 6 nitrogen and oxygen atoms in total. The van der Waals surface area contributed by atoms with Gasteiger partial charge in [-0.3, -0.25) is 14.4 Å². The Labute approximate surface area is 158 Å². The van der Waals surface area contributed by atoms with Gasteiger partial charge in [-0.2, -0.15) is 13.2 Å². The molecule has 1 aliphatic heterocycles. The number of piperazine rings is 1. The monoisotopic (exact) mass is 401 g/mol. The van der Waals surface area contributed by atoms with E-state index < -0.39 is 47.2 Å². The zero-order chi connectivity index (χ0) is 20.9. The van der Waals surface area contributed by atoms with Crippen LogP contribution in [0.1, 0.15) is 31.4 Å². The number of carbonyl (C=O) groups is 3. The van der Waals surface area contributed by atoms with Gasteiger partial charge >= 0.3 is 18.0 Å². The average molecular weight is 401 g/mol. The lowest BCUT2D eigenvalue weighted by Crippen LogP contribution is -2.60. The largest absolute Gasteiger partial charge is 0.403 e. The zero-order valence-corrected chi connectivity index (χ0v) is 15.0. The molecule has 3 amide bonds. The summed E-state index contributed by atoms with van der Waals surface area (Å²) in [5.41, 5.74) is 3.09. The van der Waals surface area contributed by atoms with E-state index in [4.69, 9.17) is 5.73 Å². The van der Waals surface area contributed by atoms with Crippen molar-refractivity contribution in [3.8, 4) is 0 Å². The third-order valence-corrected chi connectivity index (χ3v) is 5.43. The molecular weight excluding hydrogens is 382 g/mol. The van der Waals surface area contributed by atoms with E-state index in [-0.39, 0.29) is 25.9 Å². The Morgan fingerprint density at radius 2 is 1.64 bits per heavy atom. The molecule has 2 N–H and O–H groups in total. The molecule has 1 saturated carbocycles. The second kappa shape index (κ2) is 6.75. The van der Waals surface area contributed by atoms with Gasteiger partial charge in [0.2, 0.25) is 5.91 Å². The fraction of sp³-hybridized carbons (Fsp3) is 0.500. The summed E-state index contributed by atoms with van der Waals surface area (Å²) in [7, 11) is 0. The lowest BCUT2D eigenvalue weighted by atomic mass is 9.96. The van der Waals surface area contributed by atoms with Crippen molar-refractivity contribution in [2.24, 2.45) is 11.1 Å². The van der Waals surface area contributed by atoms with E-state index in [2.05, 4.69) is 0 Å². The number of primary amides is 1. The normalized spacial score (nSPS) is 24.0. The minimum absolute atomic E-state index is 0.163. The van der Waals surface area contributed by atoms with Crippen molar-refractivity contribution >= 4 is 17.7 Å². The van der Waals surface area contributed by atoms with Crippen molar-refractivity contribution in [1.29, 1.82) is 0 Å². The van der Waals surface area contributed by atoms with E-state index in [9.17, 15) is 31.9 Å². The maximum absolute atomic E-state index is 13.4. The molecule has 10 heteroatoms. The molecule has 0 radical (unpaired) electrons. The summed E-state index contributed by atoms with van der Waals surface area (Å²) in [6.45, 7) is 1.10. The molecule has 152 valence electrons. The number of amides is 3. The Balaban J connectivity index is 1.94. The van der Waals surface area contributed by atoms with Crippen LogP contribution in [0.5, 0.6) is 0 Å². The second-order valence-corrected chi connectivity index (χ2v) is 7.28. The number of alkyl halides is 3. The Morgan fingerprint density at radius 1 is 1.07 bits per heavy atom. The molecule has 0 aromatic heterocycles. The van der Waals surface area contributed by atoms with Crippen molar-refractivity contribution in [3.05, 3.63) is 35.6 Å². The molecule has 1 aromatic rings. The summed E-state index contributed by atoms with van der Waals surface area (Å²) in [6, 6.07) is 3.32. The quantitative estimate of drug-likeness (QED) is 0.606. The summed E-state index contributed by atoms with van der Waals surface area (Å²) < 4.78 is 53.4. The van der Waals surface area contributed by atoms with Crippen LogP contribution >= 0.6 is 0 Å². The van der Waals surface area contributed by atoms with Crippen LogP contribution in [0.4, 0.5) is 17.6 Å². The molecule has 0 bridgehead atoms. The highest BCUT2D eigenvalue weighted by atomic mass is 19.4. The van der Waals surface area contributed by atoms with Gasteiger partial charge in [0.05, 0.1) is 6.04 Å². The first-order valence-corrected chi connectivity index (χ1v) is 8.71. The number of rotatable bonds is 2. The van der Waals surface area contributed by atoms with E-state index in [1.165, 1.54) is 19.1 Å². The maximum Gasteiger partial charge on any atom is 0.403 e. The summed E-state index contributed by atoms with van der Waals surface area (Å²) in [4.78, 5) is 38.6. The van der Waals surface area contributed by atoms with Crippen molar-refractivity contribution in [2.45, 2.75) is 38.0 Å². The van der Waals surface area contributed by atoms with Crippen molar-refractivity contribution in [2.75, 3.05) is 13.1 Å². The van der Waals surface area contributed by atoms with Crippen LogP contribution in [0.2, 0.25) is 0 Å². The number of nitrogens with zero attached hydrogens (tertiary/aromatic N) is 2. The fourth-order valence-electron chi connectivity index (χ4n) is 3.61. The molecular formula is C18H19F4N3O3. The van der Waals surface area contributed by atoms with Crippen molar-refractivity contribution in [1.82, 2.24) is 9.80 Å². The molecule has 2 atom stereocenters. The van der Waals surface area contributed by atoms with Crippen molar-refractivity contribution in [3.63, 3.8) is 0 Å². The van der Waals surface area contributed by atoms with Gasteiger partial charge in [-0.15, -0.1) is 0 Å². The highest BCUT2D eigenvalue weighted by Gasteiger charge is 2.70. The summed E-state index contributed by atoms with van der Waals surface area (Å²) >= 11 is 0. The van der Waals surface area contributed by atoms with E-state index in [0.717, 1.165) is 21.9 Å². The van der Waals surface area contributed by atoms with E-state index in [0.29, 0.717) is 5.56 Å². The third-order valence-electron chi connectivity index (χ3n) is 5.43. The second-order valence-electron chi connectivity index (χ2n) is 7.28. The van der Waals surface area contributed by atoms with Crippen LogP contribution in [0.25, 0.3) is 0 Å². The van der Waals surface area contributed by atoms with Crippen LogP contribution < -0.4 is 5.73 Å². The molecule has 1 aromatic carbocycles. The first-order valence-electron chi connectivity index (χ1n) is 8.71. The van der Waals surface area contributed by atoms with Gasteiger partial charge in [-0.1, -0.05) is 12.1 Å². The number of hydrogen-bond acceptors (Lipinski definition) is 3. The Kier molecular flexibility index (Phi) is 4.84. The maximum atomic E-state index is 13.4. The minimum atomic E-state index is -4.66. The van der Waals surface area contributed by atoms with Gasteiger partial charge in [0, 0.05) is 19.1 Å². The van der Waals surface area contributed by atoms with E-state index in [1.54, 1.807) is 0 Å². The van der Waals surface area contributed by atoms with Crippen LogP contribution in [0.3, 0.4) is 0 Å². The highest BCUT2D eigenvalue weighted by Crippen LogP contribution is 2.59. The highest BCUT2D eigenvalue weighted by molar-refractivity contribution is 6.34. The molecule has 28 heavy (non-hydrogen) atoms. The van der Waals surface area contributed by atoms with Gasteiger partial charge in [-0.05, 0) is 37.5 Å². The van der Waals surface area contributed by atoms with Gasteiger partial charge in [0.1, 0.15) is 11.2 Å². The molecule has 2 aliphatic rings. The Hall–Kier alpha value is -2.65. The van der Waals surface area contributed by atoms with Gasteiger partial charge < -0.3 is 15.5 Å². The topological polar surface area (TPSA) is 83.7 Å². The SMILES string of the molecule is C[C@@H]1CN(C(=O)C(N)=O)[C@@H](c2ccc(F)cc2)CN1C(=O)C1(C(F)(F)F)CC1. The standard InChI is InChI=1S/C18H19F4N3O3/c1-10-8-25(15(27)14(23)26)13(11-2-4-12(19)5-3-11)9-24(10)16(28)17(6-7-17)18(20,21)22/h2-5,10,13H,6-9H2,1H3,(H2,23,26)/t10-,13-/m1/s1. The van der Waals surface area contributed by atoms with Crippen LogP contribution in [-0.4, -0.2) is 52.8 Å². The molecule has 1 saturated heterocycles. The van der Waals surface area contributed by atoms with E-state index >= 15 is 0 Å². The van der Waals surface area contributed by atoms with Crippen LogP contribution in [0.15, 0.2) is 24.3 Å². The average Bonchev–Trinajstić information content (AvgIpc) is 3.43. The number of benzene rings is 1. The number of halogens is 4. The zero-order valence-electron chi connectivity index (χ0n) is 15.0. The number of carbonyl (C=O) groups excluding carboxylic acids is 3. The summed E-state index contributed by atoms with van der Waals surface area (Å²) in [5, 5.41) is 0. The van der Waals surface area contributed by atoms with Crippen molar-refractivity contribution < 1.29 is 31.9 Å². The number of nitrogens with two attached hydrogens (primary N) is 1. The van der Waals surface area contributed by atoms with Gasteiger partial charge in [0.15, 0.2) is 0 Å². The predicted octanol–water partition coefficient (Wildman–Crippen LogP) is 1.75. The minimum Gasteiger partial charge on any atom is -0.361 e. The van der Waals surface area contributed by atoms with E-state index in [1.807, 2.05) is 0 Å². The van der Waals surface area contributed by atoms with Gasteiger partial charge in [-0.25, -0.2) is 4.39 Å². The predicted molar refractivity (Wildman–Crippen MR) is 88.9 cm³/mol. The molecule has 3 rings (SSSR count). The van der Waals surface area contributed by atoms with Crippen LogP contribution in [-0.2, 0) is 14.4 Å². The Bertz CT molecular complexity index is 805. The third kappa shape index (κ3) is 3.31. The first kappa shape index (κ1) is 20.1. The fourth-order valence-corrected chi connectivity index (χ4v) is 3.61. The van der Waals surface area contributed by atoms with Gasteiger partial charge in [0.25, 0.3) is 0 Å². The van der Waals surface area contributed by atoms with Crippen LogP contribution in [0, 0.1) is 11.2 Å². The molecule has 1 heterocycles. The first-order chi connectivity index (χ1) is 13.0. The Morgan fingerprint density at radius 3 is 2.11 bits per heavy atom.